The van der Waals surface area contributed by atoms with Crippen LogP contribution in [0, 0.1) is 0 Å². The number of piperazine rings is 1. The molecule has 6 nitrogen and oxygen atoms in total. The third-order valence-corrected chi connectivity index (χ3v) is 3.59. The van der Waals surface area contributed by atoms with E-state index in [1.165, 1.54) is 0 Å². The smallest absolute Gasteiger partial charge is 0.410 e. The van der Waals surface area contributed by atoms with Crippen molar-refractivity contribution in [2.75, 3.05) is 26.2 Å². The average molecular weight is 291 g/mol. The maximum atomic E-state index is 12.0. The largest absolute Gasteiger partial charge is 0.445 e. The molecule has 1 aromatic carbocycles. The van der Waals surface area contributed by atoms with E-state index >= 15 is 0 Å². The maximum Gasteiger partial charge on any atom is 0.410 e. The summed E-state index contributed by atoms with van der Waals surface area (Å²) in [6.45, 7) is 3.61. The Morgan fingerprint density at radius 3 is 2.62 bits per heavy atom. The lowest BCUT2D eigenvalue weighted by atomic mass is 10.2. The molecule has 2 rings (SSSR count). The third-order valence-electron chi connectivity index (χ3n) is 3.59. The molecule has 1 saturated heterocycles. The van der Waals surface area contributed by atoms with Crippen LogP contribution < -0.4 is 5.73 Å². The predicted molar refractivity (Wildman–Crippen MR) is 78.4 cm³/mol. The second-order valence-electron chi connectivity index (χ2n) is 5.13. The zero-order valence-corrected chi connectivity index (χ0v) is 12.2. The van der Waals surface area contributed by atoms with E-state index in [2.05, 4.69) is 0 Å². The maximum absolute atomic E-state index is 12.0. The summed E-state index contributed by atoms with van der Waals surface area (Å²) in [6.07, 6.45) is -0.342. The van der Waals surface area contributed by atoms with Crippen molar-refractivity contribution in [2.24, 2.45) is 5.73 Å². The van der Waals surface area contributed by atoms with Crippen LogP contribution in [0.4, 0.5) is 4.79 Å². The number of amides is 2. The number of carbonyl (C=O) groups is 2. The third kappa shape index (κ3) is 3.95. The van der Waals surface area contributed by atoms with E-state index in [1.807, 2.05) is 37.3 Å². The van der Waals surface area contributed by atoms with E-state index in [4.69, 9.17) is 10.5 Å². The summed E-state index contributed by atoms with van der Waals surface area (Å²) in [5.41, 5.74) is 6.33. The van der Waals surface area contributed by atoms with Gasteiger partial charge in [-0.1, -0.05) is 30.3 Å². The van der Waals surface area contributed by atoms with E-state index in [1.54, 1.807) is 9.80 Å². The summed E-state index contributed by atoms with van der Waals surface area (Å²) in [6, 6.07) is 9.51. The predicted octanol–water partition coefficient (Wildman–Crippen LogP) is 0.815. The molecule has 1 fully saturated rings. The van der Waals surface area contributed by atoms with Crippen LogP contribution >= 0.6 is 0 Å². The lowest BCUT2D eigenvalue weighted by Crippen LogP contribution is -2.56. The molecule has 0 aromatic heterocycles. The molecule has 0 bridgehead atoms. The fourth-order valence-corrected chi connectivity index (χ4v) is 2.42. The monoisotopic (exact) mass is 291 g/mol. The zero-order valence-electron chi connectivity index (χ0n) is 12.2. The van der Waals surface area contributed by atoms with Gasteiger partial charge in [0, 0.05) is 25.7 Å². The van der Waals surface area contributed by atoms with Crippen molar-refractivity contribution in [3.8, 4) is 0 Å². The van der Waals surface area contributed by atoms with Crippen LogP contribution in [0.25, 0.3) is 0 Å². The van der Waals surface area contributed by atoms with Crippen LogP contribution in [0.3, 0.4) is 0 Å². The Morgan fingerprint density at radius 2 is 2.00 bits per heavy atom. The Kier molecular flexibility index (Phi) is 5.16. The molecular weight excluding hydrogens is 270 g/mol. The second kappa shape index (κ2) is 7.08. The minimum absolute atomic E-state index is 0.00277. The number of benzene rings is 1. The number of ether oxygens (including phenoxy) is 1. The molecule has 0 radical (unpaired) electrons. The first-order chi connectivity index (χ1) is 10.1. The number of nitrogens with zero attached hydrogens (tertiary/aromatic N) is 2. The van der Waals surface area contributed by atoms with Crippen LogP contribution in [0.1, 0.15) is 12.5 Å². The Hall–Kier alpha value is -2.08. The molecule has 1 atom stereocenters. The molecule has 0 saturated carbocycles. The van der Waals surface area contributed by atoms with Crippen molar-refractivity contribution in [1.29, 1.82) is 0 Å². The molecule has 0 aliphatic carbocycles. The van der Waals surface area contributed by atoms with Crippen molar-refractivity contribution >= 4 is 12.0 Å². The molecule has 1 aromatic rings. The van der Waals surface area contributed by atoms with Gasteiger partial charge in [-0.2, -0.15) is 0 Å². The van der Waals surface area contributed by atoms with E-state index in [9.17, 15) is 9.59 Å². The lowest BCUT2D eigenvalue weighted by Gasteiger charge is -2.39. The topological polar surface area (TPSA) is 75.9 Å². The number of nitrogens with two attached hydrogens (primary N) is 1. The number of rotatable bonds is 3. The molecule has 2 N–H and O–H groups in total. The molecule has 1 aliphatic heterocycles. The minimum Gasteiger partial charge on any atom is -0.445 e. The standard InChI is InChI=1S/C15H21N3O3/c1-12-10-17(7-8-18(12)14(19)9-16)15(20)21-11-13-5-3-2-4-6-13/h2-6,12H,7-11,16H2,1H3/t12-/m0/s1. The fourth-order valence-electron chi connectivity index (χ4n) is 2.42. The van der Waals surface area contributed by atoms with Gasteiger partial charge in [0.2, 0.25) is 5.91 Å². The minimum atomic E-state index is -0.342. The molecule has 1 aliphatic rings. The van der Waals surface area contributed by atoms with E-state index in [0.29, 0.717) is 19.6 Å². The van der Waals surface area contributed by atoms with E-state index in [0.717, 1.165) is 5.56 Å². The quantitative estimate of drug-likeness (QED) is 0.894. The molecule has 0 spiro atoms. The highest BCUT2D eigenvalue weighted by molar-refractivity contribution is 5.78. The van der Waals surface area contributed by atoms with Gasteiger partial charge in [-0.15, -0.1) is 0 Å². The van der Waals surface area contributed by atoms with Crippen molar-refractivity contribution in [1.82, 2.24) is 9.80 Å². The Morgan fingerprint density at radius 1 is 1.29 bits per heavy atom. The second-order valence-corrected chi connectivity index (χ2v) is 5.13. The van der Waals surface area contributed by atoms with Gasteiger partial charge >= 0.3 is 6.09 Å². The average Bonchev–Trinajstić information content (AvgIpc) is 2.52. The fraction of sp³-hybridized carbons (Fsp3) is 0.467. The Balaban J connectivity index is 1.83. The van der Waals surface area contributed by atoms with Crippen molar-refractivity contribution in [3.63, 3.8) is 0 Å². The van der Waals surface area contributed by atoms with Crippen LogP contribution in [0.2, 0.25) is 0 Å². The van der Waals surface area contributed by atoms with Gasteiger partial charge in [-0.25, -0.2) is 4.79 Å². The number of hydrogen-bond donors (Lipinski definition) is 1. The highest BCUT2D eigenvalue weighted by Crippen LogP contribution is 2.11. The summed E-state index contributed by atoms with van der Waals surface area (Å²) < 4.78 is 5.30. The highest BCUT2D eigenvalue weighted by Gasteiger charge is 2.29. The van der Waals surface area contributed by atoms with Crippen LogP contribution in [-0.2, 0) is 16.1 Å². The summed E-state index contributed by atoms with van der Waals surface area (Å²) in [4.78, 5) is 27.0. The summed E-state index contributed by atoms with van der Waals surface area (Å²) in [7, 11) is 0. The zero-order chi connectivity index (χ0) is 15.2. The molecule has 2 amide bonds. The number of carbonyl (C=O) groups excluding carboxylic acids is 2. The summed E-state index contributed by atoms with van der Waals surface area (Å²) in [5.74, 6) is -0.0835. The molecule has 1 heterocycles. The molecule has 0 unspecified atom stereocenters. The van der Waals surface area contributed by atoms with Crippen molar-refractivity contribution in [3.05, 3.63) is 35.9 Å². The Bertz CT molecular complexity index is 492. The van der Waals surface area contributed by atoms with Gasteiger partial charge in [-0.05, 0) is 12.5 Å². The van der Waals surface area contributed by atoms with Crippen molar-refractivity contribution in [2.45, 2.75) is 19.6 Å². The van der Waals surface area contributed by atoms with Gasteiger partial charge in [0.15, 0.2) is 0 Å². The lowest BCUT2D eigenvalue weighted by molar-refractivity contribution is -0.133. The van der Waals surface area contributed by atoms with Gasteiger partial charge in [0.1, 0.15) is 6.61 Å². The molecule has 6 heteroatoms. The van der Waals surface area contributed by atoms with Crippen LogP contribution in [0.5, 0.6) is 0 Å². The summed E-state index contributed by atoms with van der Waals surface area (Å²) in [5, 5.41) is 0. The molecule has 114 valence electrons. The SMILES string of the molecule is C[C@H]1CN(C(=O)OCc2ccccc2)CCN1C(=O)CN. The molecule has 21 heavy (non-hydrogen) atoms. The van der Waals surface area contributed by atoms with Gasteiger partial charge in [0.05, 0.1) is 6.54 Å². The normalized spacial score (nSPS) is 18.5. The number of hydrogen-bond acceptors (Lipinski definition) is 4. The van der Waals surface area contributed by atoms with Crippen LogP contribution in [0.15, 0.2) is 30.3 Å². The van der Waals surface area contributed by atoms with Gasteiger partial charge in [0.25, 0.3) is 0 Å². The van der Waals surface area contributed by atoms with E-state index in [-0.39, 0.29) is 31.2 Å². The first-order valence-electron chi connectivity index (χ1n) is 7.07. The molecular formula is C15H21N3O3. The van der Waals surface area contributed by atoms with Crippen LogP contribution in [-0.4, -0.2) is 54.0 Å². The van der Waals surface area contributed by atoms with Crippen molar-refractivity contribution < 1.29 is 14.3 Å². The first-order valence-corrected chi connectivity index (χ1v) is 7.07. The first kappa shape index (κ1) is 15.3. The van der Waals surface area contributed by atoms with Gasteiger partial charge in [-0.3, -0.25) is 4.79 Å². The highest BCUT2D eigenvalue weighted by atomic mass is 16.6. The van der Waals surface area contributed by atoms with E-state index < -0.39 is 0 Å². The van der Waals surface area contributed by atoms with Gasteiger partial charge < -0.3 is 20.3 Å². The summed E-state index contributed by atoms with van der Waals surface area (Å²) >= 11 is 0. The Labute approximate surface area is 124 Å².